The number of carboxylic acids is 1. The number of hydrogen-bond acceptors (Lipinski definition) is 11. The maximum atomic E-state index is 14.3. The quantitative estimate of drug-likeness (QED) is 0.100. The molecule has 1 saturated carbocycles. The van der Waals surface area contributed by atoms with Crippen molar-refractivity contribution in [3.05, 3.63) is 91.7 Å². The first kappa shape index (κ1) is 40.4. The number of sulfonamides is 1. The van der Waals surface area contributed by atoms with E-state index >= 15 is 0 Å². The molecule has 5 atom stereocenters. The van der Waals surface area contributed by atoms with Crippen LogP contribution in [0.4, 0.5) is 4.79 Å². The molecule has 3 amide bonds. The predicted molar refractivity (Wildman–Crippen MR) is 217 cm³/mol. The second-order valence-corrected chi connectivity index (χ2v) is 18.5. The molecule has 2 aromatic carbocycles. The number of benzene rings is 2. The highest BCUT2D eigenvalue weighted by atomic mass is 32.2. The predicted octanol–water partition coefficient (Wildman–Crippen LogP) is 5.70. The van der Waals surface area contributed by atoms with Crippen LogP contribution >= 0.6 is 11.3 Å². The topological polar surface area (TPSA) is 202 Å². The number of nitrogens with one attached hydrogen (secondary N) is 3. The van der Waals surface area contributed by atoms with Gasteiger partial charge in [-0.3, -0.25) is 4.79 Å². The van der Waals surface area contributed by atoms with E-state index in [0.29, 0.717) is 38.7 Å². The first-order valence-corrected chi connectivity index (χ1v) is 20.9. The third-order valence-corrected chi connectivity index (χ3v) is 13.6. The number of carbonyl (C=O) groups excluding carboxylic acids is 2. The molecule has 2 aliphatic rings. The molecule has 304 valence electrons. The van der Waals surface area contributed by atoms with E-state index in [1.807, 2.05) is 63.2 Å². The van der Waals surface area contributed by atoms with Crippen molar-refractivity contribution in [1.29, 1.82) is 0 Å². The molecule has 2 fully saturated rings. The minimum Gasteiger partial charge on any atom is -0.497 e. The minimum atomic E-state index is -4.00. The number of carbonyl (C=O) groups is 3. The maximum Gasteiger partial charge on any atom is 0.330 e. The number of thiophene rings is 1. The molecule has 5 aromatic rings. The molecule has 0 spiro atoms. The molecule has 0 bridgehead atoms. The molecule has 1 aliphatic carbocycles. The summed E-state index contributed by atoms with van der Waals surface area (Å²) in [5.74, 6) is -1.26. The Labute approximate surface area is 339 Å². The van der Waals surface area contributed by atoms with E-state index in [0.717, 1.165) is 16.9 Å². The van der Waals surface area contributed by atoms with Crippen molar-refractivity contribution in [1.82, 2.24) is 30.4 Å². The number of aromatic nitrogens is 2. The van der Waals surface area contributed by atoms with E-state index in [9.17, 15) is 27.9 Å². The van der Waals surface area contributed by atoms with E-state index in [1.165, 1.54) is 23.3 Å². The second-order valence-electron chi connectivity index (χ2n) is 15.4. The zero-order valence-corrected chi connectivity index (χ0v) is 33.9. The molecular weight excluding hydrogens is 785 g/mol. The van der Waals surface area contributed by atoms with Crippen LogP contribution in [0.2, 0.25) is 0 Å². The molecule has 4 N–H and O–H groups in total. The minimum absolute atomic E-state index is 0.0351. The van der Waals surface area contributed by atoms with Gasteiger partial charge in [-0.1, -0.05) is 62.3 Å². The van der Waals surface area contributed by atoms with Crippen molar-refractivity contribution < 1.29 is 41.9 Å². The van der Waals surface area contributed by atoms with Gasteiger partial charge in [0.2, 0.25) is 15.9 Å². The highest BCUT2D eigenvalue weighted by molar-refractivity contribution is 7.91. The van der Waals surface area contributed by atoms with Crippen LogP contribution in [0, 0.1) is 11.3 Å². The Hall–Kier alpha value is -5.78. The third kappa shape index (κ3) is 8.28. The van der Waals surface area contributed by atoms with Gasteiger partial charge in [0, 0.05) is 54.1 Å². The lowest BCUT2D eigenvalue weighted by molar-refractivity contribution is -0.144. The summed E-state index contributed by atoms with van der Waals surface area (Å²) in [6.07, 6.45) is 2.38. The van der Waals surface area contributed by atoms with Crippen LogP contribution in [-0.4, -0.2) is 90.4 Å². The molecule has 1 aliphatic heterocycles. The van der Waals surface area contributed by atoms with Gasteiger partial charge in [-0.05, 0) is 36.1 Å². The normalized spacial score (nSPS) is 21.0. The maximum absolute atomic E-state index is 14.3. The summed E-state index contributed by atoms with van der Waals surface area (Å²) in [7, 11) is -2.43. The fraction of sp³-hybridized carbons (Fsp3) is 0.341. The van der Waals surface area contributed by atoms with E-state index < -0.39 is 63.0 Å². The zero-order valence-electron chi connectivity index (χ0n) is 32.3. The summed E-state index contributed by atoms with van der Waals surface area (Å²) in [5, 5.41) is 20.3. The highest BCUT2D eigenvalue weighted by Gasteiger charge is 2.61. The number of methoxy groups -OCH3 is 1. The number of ether oxygens (including phenoxy) is 2. The van der Waals surface area contributed by atoms with Gasteiger partial charge in [0.1, 0.15) is 45.4 Å². The van der Waals surface area contributed by atoms with Crippen LogP contribution in [0.25, 0.3) is 32.7 Å². The lowest BCUT2D eigenvalue weighted by atomic mass is 9.87. The van der Waals surface area contributed by atoms with E-state index in [-0.39, 0.29) is 30.1 Å². The Bertz CT molecular complexity index is 2450. The van der Waals surface area contributed by atoms with Gasteiger partial charge in [-0.15, -0.1) is 17.9 Å². The lowest BCUT2D eigenvalue weighted by Gasteiger charge is -2.34. The molecular formula is C41H44N6O9S2. The molecule has 1 saturated heterocycles. The van der Waals surface area contributed by atoms with Gasteiger partial charge in [0.25, 0.3) is 0 Å². The van der Waals surface area contributed by atoms with E-state index in [4.69, 9.17) is 19.0 Å². The van der Waals surface area contributed by atoms with Crippen LogP contribution in [0.5, 0.6) is 11.5 Å². The first-order valence-electron chi connectivity index (χ1n) is 18.6. The smallest absolute Gasteiger partial charge is 0.330 e. The molecule has 7 rings (SSSR count). The fourth-order valence-corrected chi connectivity index (χ4v) is 9.38. The Morgan fingerprint density at radius 3 is 2.53 bits per heavy atom. The number of likely N-dealkylation sites (tertiary alicyclic amines) is 1. The van der Waals surface area contributed by atoms with Gasteiger partial charge < -0.3 is 34.6 Å². The van der Waals surface area contributed by atoms with Crippen molar-refractivity contribution in [2.45, 2.75) is 61.5 Å². The highest BCUT2D eigenvalue weighted by Crippen LogP contribution is 2.45. The van der Waals surface area contributed by atoms with Crippen LogP contribution < -0.4 is 24.8 Å². The van der Waals surface area contributed by atoms with Gasteiger partial charge in [-0.2, -0.15) is 0 Å². The Kier molecular flexibility index (Phi) is 11.1. The summed E-state index contributed by atoms with van der Waals surface area (Å²) < 4.78 is 46.5. The SMILES string of the molecule is C=CC1C[C@]1(NC(=O)[C@@H]1C[C@@H](Oc2cc(-c3ccccc3)nc3cc(OC)ccc23)CN1C(=O)N[C@H](CNS(=O)(=O)c1ccc(-c2ccon2)s1)C(C)(C)C)C(=O)O. The van der Waals surface area contributed by atoms with E-state index in [1.54, 1.807) is 31.4 Å². The monoisotopic (exact) mass is 828 g/mol. The number of hydrogen-bond donors (Lipinski definition) is 4. The summed E-state index contributed by atoms with van der Waals surface area (Å²) in [5.41, 5.74) is 0.404. The Morgan fingerprint density at radius 1 is 1.10 bits per heavy atom. The molecule has 4 heterocycles. The molecule has 0 radical (unpaired) electrons. The van der Waals surface area contributed by atoms with Crippen LogP contribution in [0.1, 0.15) is 33.6 Å². The number of amides is 3. The molecule has 15 nitrogen and oxygen atoms in total. The molecule has 1 unspecified atom stereocenters. The summed E-state index contributed by atoms with van der Waals surface area (Å²) in [6.45, 7) is 9.07. The Morgan fingerprint density at radius 2 is 1.88 bits per heavy atom. The number of rotatable bonds is 14. The molecule has 3 aromatic heterocycles. The second kappa shape index (κ2) is 15.9. The van der Waals surface area contributed by atoms with Gasteiger partial charge in [-0.25, -0.2) is 27.7 Å². The van der Waals surface area contributed by atoms with Crippen LogP contribution in [0.15, 0.2) is 100 Å². The summed E-state index contributed by atoms with van der Waals surface area (Å²) in [6, 6.07) is 19.0. The lowest BCUT2D eigenvalue weighted by Crippen LogP contribution is -2.58. The van der Waals surface area contributed by atoms with Gasteiger partial charge in [0.15, 0.2) is 0 Å². The molecule has 17 heteroatoms. The van der Waals surface area contributed by atoms with Gasteiger partial charge >= 0.3 is 12.0 Å². The fourth-order valence-electron chi connectivity index (χ4n) is 7.02. The van der Waals surface area contributed by atoms with Crippen molar-refractivity contribution >= 4 is 50.2 Å². The van der Waals surface area contributed by atoms with Crippen molar-refractivity contribution in [3.8, 4) is 33.3 Å². The first-order chi connectivity index (χ1) is 27.6. The average molecular weight is 829 g/mol. The van der Waals surface area contributed by atoms with Crippen LogP contribution in [-0.2, 0) is 19.6 Å². The number of nitrogens with zero attached hydrogens (tertiary/aromatic N) is 3. The van der Waals surface area contributed by atoms with Crippen molar-refractivity contribution in [2.75, 3.05) is 20.2 Å². The standard InChI is InChI=1S/C41H44N6O9S2/c1-6-25-21-41(25,38(49)50)45-37(48)32-19-27(56-33-20-30(24-10-8-7-9-11-24)43-31-18-26(54-5)12-13-28(31)33)23-47(32)39(51)44-35(40(2,3)4)22-42-58(52,53)36-15-14-34(57-36)29-16-17-55-46-29/h6-18,20,25,27,32,35,42H,1,19,21-23H2,2-5H3,(H,44,51)(H,45,48)(H,49,50)/t25?,27-,32+,35-,41-/m1/s1. The third-order valence-electron chi connectivity index (χ3n) is 10.6. The Balaban J connectivity index is 1.15. The number of carboxylic acid groups (broad SMARTS) is 1. The number of aliphatic carboxylic acids is 1. The number of urea groups is 1. The summed E-state index contributed by atoms with van der Waals surface area (Å²) >= 11 is 1.03. The number of fused-ring (bicyclic) bond motifs is 1. The largest absolute Gasteiger partial charge is 0.497 e. The van der Waals surface area contributed by atoms with Crippen molar-refractivity contribution in [3.63, 3.8) is 0 Å². The van der Waals surface area contributed by atoms with Gasteiger partial charge in [0.05, 0.1) is 29.7 Å². The molecule has 58 heavy (non-hydrogen) atoms. The van der Waals surface area contributed by atoms with Crippen LogP contribution in [0.3, 0.4) is 0 Å². The number of pyridine rings is 1. The average Bonchev–Trinajstić information content (AvgIpc) is 3.67. The zero-order chi connectivity index (χ0) is 41.4. The summed E-state index contributed by atoms with van der Waals surface area (Å²) in [4.78, 5) is 47.6. The van der Waals surface area contributed by atoms with E-state index in [2.05, 4.69) is 27.1 Å². The van der Waals surface area contributed by atoms with Crippen molar-refractivity contribution in [2.24, 2.45) is 11.3 Å².